The molecule has 0 unspecified atom stereocenters. The first-order valence-electron chi connectivity index (χ1n) is 4.76. The highest BCUT2D eigenvalue weighted by molar-refractivity contribution is 9.10. The van der Waals surface area contributed by atoms with Gasteiger partial charge in [-0.25, -0.2) is 0 Å². The second-order valence-electron chi connectivity index (χ2n) is 3.44. The van der Waals surface area contributed by atoms with Crippen LogP contribution in [-0.2, 0) is 0 Å². The van der Waals surface area contributed by atoms with Crippen LogP contribution in [0.5, 0.6) is 0 Å². The van der Waals surface area contributed by atoms with Crippen LogP contribution in [0.2, 0.25) is 0 Å². The van der Waals surface area contributed by atoms with Gasteiger partial charge in [-0.15, -0.1) is 0 Å². The molecule has 2 rings (SSSR count). The number of hydrogen-bond acceptors (Lipinski definition) is 1. The first-order chi connectivity index (χ1) is 7.20. The van der Waals surface area contributed by atoms with E-state index in [0.29, 0.717) is 0 Å². The summed E-state index contributed by atoms with van der Waals surface area (Å²) < 4.78 is 1.10. The predicted molar refractivity (Wildman–Crippen MR) is 68.2 cm³/mol. The topological polar surface area (TPSA) is 3.24 Å². The molecule has 2 heteroatoms. The van der Waals surface area contributed by atoms with Crippen LogP contribution in [0, 0.1) is 0 Å². The van der Waals surface area contributed by atoms with Gasteiger partial charge in [-0.2, -0.15) is 0 Å². The molecule has 1 aromatic carbocycles. The molecule has 0 saturated heterocycles. The lowest BCUT2D eigenvalue weighted by molar-refractivity contribution is 0.615. The van der Waals surface area contributed by atoms with Crippen molar-refractivity contribution in [3.63, 3.8) is 0 Å². The monoisotopic (exact) mass is 261 g/mol. The second-order valence-corrected chi connectivity index (χ2v) is 4.30. The first kappa shape index (κ1) is 10.2. The molecule has 0 spiro atoms. The number of halogens is 1. The SMILES string of the molecule is C=C1C=CC=C(c2ccccc2Br)N1C. The summed E-state index contributed by atoms with van der Waals surface area (Å²) in [5.41, 5.74) is 3.35. The quantitative estimate of drug-likeness (QED) is 0.744. The molecule has 1 nitrogen and oxygen atoms in total. The first-order valence-corrected chi connectivity index (χ1v) is 5.55. The summed E-state index contributed by atoms with van der Waals surface area (Å²) in [5, 5.41) is 0. The standard InChI is InChI=1S/C13H12BrN/c1-10-6-5-9-13(15(10)2)11-7-3-4-8-12(11)14/h3-9H,1H2,2H3. The maximum atomic E-state index is 3.98. The van der Waals surface area contributed by atoms with Gasteiger partial charge in [0.2, 0.25) is 0 Å². The van der Waals surface area contributed by atoms with Crippen molar-refractivity contribution in [2.75, 3.05) is 7.05 Å². The van der Waals surface area contributed by atoms with Crippen molar-refractivity contribution < 1.29 is 0 Å². The van der Waals surface area contributed by atoms with Crippen LogP contribution in [0.4, 0.5) is 0 Å². The predicted octanol–water partition coefficient (Wildman–Crippen LogP) is 3.81. The van der Waals surface area contributed by atoms with Gasteiger partial charge in [-0.05, 0) is 18.2 Å². The van der Waals surface area contributed by atoms with E-state index in [1.54, 1.807) is 0 Å². The van der Waals surface area contributed by atoms with E-state index in [1.807, 2.05) is 37.4 Å². The van der Waals surface area contributed by atoms with Crippen molar-refractivity contribution in [2.24, 2.45) is 0 Å². The van der Waals surface area contributed by atoms with Gasteiger partial charge >= 0.3 is 0 Å². The summed E-state index contributed by atoms with van der Waals surface area (Å²) in [5.74, 6) is 0. The Labute approximate surface area is 98.5 Å². The molecule has 1 aliphatic heterocycles. The van der Waals surface area contributed by atoms with Crippen LogP contribution in [0.25, 0.3) is 5.70 Å². The smallest absolute Gasteiger partial charge is 0.0492 e. The minimum atomic E-state index is 1.00. The largest absolute Gasteiger partial charge is 0.345 e. The van der Waals surface area contributed by atoms with Crippen LogP contribution in [0.1, 0.15) is 5.56 Å². The Morgan fingerprint density at radius 2 is 2.00 bits per heavy atom. The van der Waals surface area contributed by atoms with Crippen LogP contribution in [0.3, 0.4) is 0 Å². The Hall–Kier alpha value is -1.28. The maximum Gasteiger partial charge on any atom is 0.0492 e. The molecule has 0 aromatic heterocycles. The molecule has 76 valence electrons. The van der Waals surface area contributed by atoms with Gasteiger partial charge in [-0.1, -0.05) is 46.8 Å². The lowest BCUT2D eigenvalue weighted by Gasteiger charge is -2.26. The zero-order chi connectivity index (χ0) is 10.8. The molecule has 1 aliphatic rings. The van der Waals surface area contributed by atoms with E-state index in [1.165, 1.54) is 5.56 Å². The van der Waals surface area contributed by atoms with Gasteiger partial charge in [0.15, 0.2) is 0 Å². The van der Waals surface area contributed by atoms with Crippen molar-refractivity contribution in [1.29, 1.82) is 0 Å². The van der Waals surface area contributed by atoms with Crippen molar-refractivity contribution in [1.82, 2.24) is 4.90 Å². The third-order valence-electron chi connectivity index (χ3n) is 2.48. The Kier molecular flexibility index (Phi) is 2.78. The van der Waals surface area contributed by atoms with Crippen molar-refractivity contribution >= 4 is 21.6 Å². The van der Waals surface area contributed by atoms with E-state index < -0.39 is 0 Å². The second kappa shape index (κ2) is 4.07. The zero-order valence-electron chi connectivity index (χ0n) is 8.57. The number of nitrogens with zero attached hydrogens (tertiary/aromatic N) is 1. The summed E-state index contributed by atoms with van der Waals surface area (Å²) in [7, 11) is 2.02. The number of benzene rings is 1. The molecule has 0 atom stereocenters. The summed E-state index contributed by atoms with van der Waals surface area (Å²) in [6.45, 7) is 3.98. The lowest BCUT2D eigenvalue weighted by Crippen LogP contribution is -2.16. The zero-order valence-corrected chi connectivity index (χ0v) is 10.2. The Morgan fingerprint density at radius 3 is 2.73 bits per heavy atom. The fourth-order valence-corrected chi connectivity index (χ4v) is 2.06. The Bertz CT molecular complexity index is 457. The van der Waals surface area contributed by atoms with Crippen molar-refractivity contribution in [2.45, 2.75) is 0 Å². The fraction of sp³-hybridized carbons (Fsp3) is 0.0769. The van der Waals surface area contributed by atoms with Crippen molar-refractivity contribution in [3.8, 4) is 0 Å². The summed E-state index contributed by atoms with van der Waals surface area (Å²) in [4.78, 5) is 2.08. The molecule has 0 N–H and O–H groups in total. The highest BCUT2D eigenvalue weighted by atomic mass is 79.9. The van der Waals surface area contributed by atoms with E-state index in [9.17, 15) is 0 Å². The van der Waals surface area contributed by atoms with Gasteiger partial charge < -0.3 is 4.90 Å². The lowest BCUT2D eigenvalue weighted by atomic mass is 10.1. The van der Waals surface area contributed by atoms with E-state index >= 15 is 0 Å². The molecule has 0 amide bonds. The van der Waals surface area contributed by atoms with E-state index in [2.05, 4.69) is 39.6 Å². The number of hydrogen-bond donors (Lipinski definition) is 0. The summed E-state index contributed by atoms with van der Waals surface area (Å²) in [6.07, 6.45) is 6.12. The minimum Gasteiger partial charge on any atom is -0.345 e. The molecule has 0 aliphatic carbocycles. The van der Waals surface area contributed by atoms with Gasteiger partial charge in [0.25, 0.3) is 0 Å². The Balaban J connectivity index is 2.48. The molecular formula is C13H12BrN. The van der Waals surface area contributed by atoms with E-state index in [0.717, 1.165) is 15.9 Å². The highest BCUT2D eigenvalue weighted by Crippen LogP contribution is 2.30. The molecule has 0 radical (unpaired) electrons. The van der Waals surface area contributed by atoms with Gasteiger partial charge in [-0.3, -0.25) is 0 Å². The molecule has 0 fully saturated rings. The Morgan fingerprint density at radius 1 is 1.27 bits per heavy atom. The maximum absolute atomic E-state index is 3.98. The third kappa shape index (κ3) is 1.90. The van der Waals surface area contributed by atoms with Crippen LogP contribution in [-0.4, -0.2) is 11.9 Å². The number of likely N-dealkylation sites (N-methyl/N-ethyl adjacent to an activating group) is 1. The normalized spacial score (nSPS) is 15.5. The molecule has 0 bridgehead atoms. The molecule has 1 heterocycles. The van der Waals surface area contributed by atoms with Crippen LogP contribution >= 0.6 is 15.9 Å². The molecule has 1 aromatic rings. The average molecular weight is 262 g/mol. The average Bonchev–Trinajstić information content (AvgIpc) is 2.23. The minimum absolute atomic E-state index is 1.00. The van der Waals surface area contributed by atoms with E-state index in [4.69, 9.17) is 0 Å². The third-order valence-corrected chi connectivity index (χ3v) is 3.18. The highest BCUT2D eigenvalue weighted by Gasteiger charge is 2.13. The van der Waals surface area contributed by atoms with Gasteiger partial charge in [0, 0.05) is 28.5 Å². The molecule has 0 saturated carbocycles. The van der Waals surface area contributed by atoms with Gasteiger partial charge in [0.05, 0.1) is 0 Å². The van der Waals surface area contributed by atoms with Crippen LogP contribution in [0.15, 0.2) is 59.2 Å². The van der Waals surface area contributed by atoms with Crippen molar-refractivity contribution in [3.05, 3.63) is 64.8 Å². The number of rotatable bonds is 1. The van der Waals surface area contributed by atoms with E-state index in [-0.39, 0.29) is 0 Å². The molecular weight excluding hydrogens is 250 g/mol. The van der Waals surface area contributed by atoms with Gasteiger partial charge in [0.1, 0.15) is 0 Å². The molecule has 15 heavy (non-hydrogen) atoms. The summed E-state index contributed by atoms with van der Waals surface area (Å²) in [6, 6.07) is 8.20. The fourth-order valence-electron chi connectivity index (χ4n) is 1.57. The van der Waals surface area contributed by atoms with Crippen LogP contribution < -0.4 is 0 Å². The number of allylic oxidation sites excluding steroid dienone is 3. The summed E-state index contributed by atoms with van der Waals surface area (Å²) >= 11 is 3.56.